The first-order chi connectivity index (χ1) is 11.7. The Labute approximate surface area is 138 Å². The molecule has 0 bridgehead atoms. The molecule has 1 aromatic heterocycles. The van der Waals surface area contributed by atoms with Gasteiger partial charge < -0.3 is 23.5 Å². The summed E-state index contributed by atoms with van der Waals surface area (Å²) in [6.45, 7) is 2.79. The van der Waals surface area contributed by atoms with Gasteiger partial charge in [-0.25, -0.2) is 4.79 Å². The monoisotopic (exact) mass is 331 g/mol. The number of rotatable bonds is 5. The van der Waals surface area contributed by atoms with E-state index in [0.717, 1.165) is 5.56 Å². The molecule has 0 atom stereocenters. The van der Waals surface area contributed by atoms with E-state index in [1.54, 1.807) is 38.3 Å². The van der Waals surface area contributed by atoms with Crippen molar-refractivity contribution >= 4 is 12.0 Å². The highest BCUT2D eigenvalue weighted by Crippen LogP contribution is 2.40. The summed E-state index contributed by atoms with van der Waals surface area (Å²) in [7, 11) is 1.55. The van der Waals surface area contributed by atoms with E-state index in [9.17, 15) is 4.79 Å². The predicted molar refractivity (Wildman–Crippen MR) is 84.1 cm³/mol. The maximum absolute atomic E-state index is 11.8. The number of aromatic nitrogens is 1. The van der Waals surface area contributed by atoms with Crippen molar-refractivity contribution in [3.8, 4) is 17.2 Å². The first kappa shape index (κ1) is 15.9. The normalized spacial score (nSPS) is 13.1. The third-order valence-corrected chi connectivity index (χ3v) is 3.30. The zero-order valence-corrected chi connectivity index (χ0v) is 13.4. The van der Waals surface area contributed by atoms with Crippen molar-refractivity contribution in [2.45, 2.75) is 13.5 Å². The van der Waals surface area contributed by atoms with E-state index < -0.39 is 5.97 Å². The number of esters is 1. The van der Waals surface area contributed by atoms with Gasteiger partial charge in [0, 0.05) is 12.1 Å². The third-order valence-electron chi connectivity index (χ3n) is 3.30. The van der Waals surface area contributed by atoms with Crippen molar-refractivity contribution in [1.82, 2.24) is 5.16 Å². The number of ether oxygens (including phenoxy) is 4. The largest absolute Gasteiger partial charge is 0.493 e. The smallest absolute Gasteiger partial charge is 0.331 e. The molecule has 0 saturated heterocycles. The standard InChI is InChI=1S/C17H17NO6/c1-11-7-13(18-24-11)10-23-16(19)4-3-12-8-14(20-2)17-15(9-12)21-5-6-22-17/h3-4,7-9H,5-6,10H2,1-2H3/b4-3+. The molecule has 0 amide bonds. The van der Waals surface area contributed by atoms with Crippen LogP contribution in [0.3, 0.4) is 0 Å². The third kappa shape index (κ3) is 3.68. The van der Waals surface area contributed by atoms with E-state index in [2.05, 4.69) is 5.16 Å². The lowest BCUT2D eigenvalue weighted by Gasteiger charge is -2.20. The Hall–Kier alpha value is -2.96. The average Bonchev–Trinajstić information content (AvgIpc) is 3.02. The second kappa shape index (κ2) is 7.08. The van der Waals surface area contributed by atoms with Gasteiger partial charge in [-0.2, -0.15) is 0 Å². The fraction of sp³-hybridized carbons (Fsp3) is 0.294. The number of hydrogen-bond donors (Lipinski definition) is 0. The minimum Gasteiger partial charge on any atom is -0.493 e. The zero-order chi connectivity index (χ0) is 16.9. The Morgan fingerprint density at radius 3 is 2.88 bits per heavy atom. The quantitative estimate of drug-likeness (QED) is 0.615. The van der Waals surface area contributed by atoms with Crippen LogP contribution in [-0.4, -0.2) is 31.4 Å². The molecular formula is C17H17NO6. The summed E-state index contributed by atoms with van der Waals surface area (Å²) < 4.78 is 26.4. The van der Waals surface area contributed by atoms with Gasteiger partial charge in [0.25, 0.3) is 0 Å². The number of nitrogens with zero attached hydrogens (tertiary/aromatic N) is 1. The lowest BCUT2D eigenvalue weighted by molar-refractivity contribution is -0.139. The number of fused-ring (bicyclic) bond motifs is 1. The molecule has 1 aliphatic rings. The van der Waals surface area contributed by atoms with Gasteiger partial charge in [0.05, 0.1) is 7.11 Å². The summed E-state index contributed by atoms with van der Waals surface area (Å²) in [5, 5.41) is 3.75. The van der Waals surface area contributed by atoms with Crippen LogP contribution in [0.1, 0.15) is 17.0 Å². The van der Waals surface area contributed by atoms with Crippen molar-refractivity contribution in [2.24, 2.45) is 0 Å². The molecule has 0 spiro atoms. The van der Waals surface area contributed by atoms with Crippen LogP contribution in [0.5, 0.6) is 17.2 Å². The van der Waals surface area contributed by atoms with Gasteiger partial charge >= 0.3 is 5.97 Å². The summed E-state index contributed by atoms with van der Waals surface area (Å²) >= 11 is 0. The highest BCUT2D eigenvalue weighted by atomic mass is 16.6. The van der Waals surface area contributed by atoms with Crippen molar-refractivity contribution in [3.05, 3.63) is 41.3 Å². The lowest BCUT2D eigenvalue weighted by atomic mass is 10.1. The van der Waals surface area contributed by atoms with Gasteiger partial charge in [0.1, 0.15) is 31.3 Å². The highest BCUT2D eigenvalue weighted by molar-refractivity contribution is 5.87. The van der Waals surface area contributed by atoms with Crippen molar-refractivity contribution < 1.29 is 28.3 Å². The van der Waals surface area contributed by atoms with Gasteiger partial charge in [-0.1, -0.05) is 5.16 Å². The maximum atomic E-state index is 11.8. The topological polar surface area (TPSA) is 80.0 Å². The van der Waals surface area contributed by atoms with Crippen LogP contribution < -0.4 is 14.2 Å². The second-order valence-corrected chi connectivity index (χ2v) is 5.12. The van der Waals surface area contributed by atoms with E-state index in [1.165, 1.54) is 6.08 Å². The molecule has 0 saturated carbocycles. The molecule has 2 aromatic rings. The Morgan fingerprint density at radius 2 is 2.12 bits per heavy atom. The summed E-state index contributed by atoms with van der Waals surface area (Å²) in [4.78, 5) is 11.8. The number of hydrogen-bond acceptors (Lipinski definition) is 7. The first-order valence-electron chi connectivity index (χ1n) is 7.40. The Balaban J connectivity index is 1.66. The molecule has 1 aliphatic heterocycles. The fourth-order valence-electron chi connectivity index (χ4n) is 2.23. The minimum atomic E-state index is -0.482. The predicted octanol–water partition coefficient (Wildman–Crippen LogP) is 2.52. The number of aryl methyl sites for hydroxylation is 1. The molecule has 2 heterocycles. The van der Waals surface area contributed by atoms with Crippen LogP contribution in [0.25, 0.3) is 6.08 Å². The van der Waals surface area contributed by atoms with E-state index >= 15 is 0 Å². The molecule has 24 heavy (non-hydrogen) atoms. The Bertz CT molecular complexity index is 747. The average molecular weight is 331 g/mol. The molecule has 0 fully saturated rings. The van der Waals surface area contributed by atoms with Crippen LogP contribution in [0.4, 0.5) is 0 Å². The molecule has 0 N–H and O–H groups in total. The minimum absolute atomic E-state index is 0.0605. The first-order valence-corrected chi connectivity index (χ1v) is 7.40. The van der Waals surface area contributed by atoms with Crippen LogP contribution >= 0.6 is 0 Å². The van der Waals surface area contributed by atoms with E-state index in [1.807, 2.05) is 0 Å². The second-order valence-electron chi connectivity index (χ2n) is 5.12. The molecule has 3 rings (SSSR count). The van der Waals surface area contributed by atoms with E-state index in [0.29, 0.717) is 41.9 Å². The number of benzene rings is 1. The molecule has 0 unspecified atom stereocenters. The zero-order valence-electron chi connectivity index (χ0n) is 13.4. The van der Waals surface area contributed by atoms with Crippen molar-refractivity contribution in [2.75, 3.05) is 20.3 Å². The lowest BCUT2D eigenvalue weighted by Crippen LogP contribution is -2.16. The van der Waals surface area contributed by atoms with Crippen LogP contribution in [0.15, 0.2) is 28.8 Å². The van der Waals surface area contributed by atoms with Crippen molar-refractivity contribution in [1.29, 1.82) is 0 Å². The van der Waals surface area contributed by atoms with Gasteiger partial charge in [-0.05, 0) is 30.7 Å². The van der Waals surface area contributed by atoms with Crippen LogP contribution in [0.2, 0.25) is 0 Å². The van der Waals surface area contributed by atoms with Gasteiger partial charge in [-0.3, -0.25) is 0 Å². The molecule has 7 heteroatoms. The maximum Gasteiger partial charge on any atom is 0.331 e. The van der Waals surface area contributed by atoms with Crippen molar-refractivity contribution in [3.63, 3.8) is 0 Å². The van der Waals surface area contributed by atoms with Crippen LogP contribution in [0, 0.1) is 6.92 Å². The summed E-state index contributed by atoms with van der Waals surface area (Å²) in [6.07, 6.45) is 2.95. The van der Waals surface area contributed by atoms with E-state index in [4.69, 9.17) is 23.5 Å². The Morgan fingerprint density at radius 1 is 1.29 bits per heavy atom. The number of carbonyl (C=O) groups is 1. The van der Waals surface area contributed by atoms with Gasteiger partial charge in [-0.15, -0.1) is 0 Å². The summed E-state index contributed by atoms with van der Waals surface area (Å²) in [6, 6.07) is 5.25. The van der Waals surface area contributed by atoms with E-state index in [-0.39, 0.29) is 6.61 Å². The molecule has 126 valence electrons. The molecule has 1 aromatic carbocycles. The molecular weight excluding hydrogens is 314 g/mol. The molecule has 0 aliphatic carbocycles. The number of carbonyl (C=O) groups excluding carboxylic acids is 1. The number of methoxy groups -OCH3 is 1. The highest BCUT2D eigenvalue weighted by Gasteiger charge is 2.17. The summed E-state index contributed by atoms with van der Waals surface area (Å²) in [5.41, 5.74) is 1.31. The SMILES string of the molecule is COc1cc(/C=C/C(=O)OCc2cc(C)on2)cc2c1OCCO2. The Kier molecular flexibility index (Phi) is 4.69. The fourth-order valence-corrected chi connectivity index (χ4v) is 2.23. The molecule has 7 nitrogen and oxygen atoms in total. The van der Waals surface area contributed by atoms with Gasteiger partial charge in [0.15, 0.2) is 11.5 Å². The van der Waals surface area contributed by atoms with Gasteiger partial charge in [0.2, 0.25) is 5.75 Å². The molecule has 0 radical (unpaired) electrons. The van der Waals surface area contributed by atoms with Crippen LogP contribution in [-0.2, 0) is 16.1 Å². The summed E-state index contributed by atoms with van der Waals surface area (Å²) in [5.74, 6) is 1.90.